The highest BCUT2D eigenvalue weighted by atomic mass is 16.5. The van der Waals surface area contributed by atoms with Crippen molar-refractivity contribution in [1.82, 2.24) is 9.78 Å². The number of amides is 1. The van der Waals surface area contributed by atoms with Crippen molar-refractivity contribution < 1.29 is 9.53 Å². The lowest BCUT2D eigenvalue weighted by Crippen LogP contribution is -2.20. The third-order valence-corrected chi connectivity index (χ3v) is 4.45. The van der Waals surface area contributed by atoms with Gasteiger partial charge < -0.3 is 15.8 Å². The van der Waals surface area contributed by atoms with Gasteiger partial charge in [-0.3, -0.25) is 9.48 Å². The highest BCUT2D eigenvalue weighted by molar-refractivity contribution is 5.93. The number of aromatic nitrogens is 2. The Hall–Kier alpha value is -2.34. The molecule has 3 rings (SSSR count). The maximum Gasteiger partial charge on any atom is 0.227 e. The topological polar surface area (TPSA) is 82.2 Å². The molecule has 1 aliphatic carbocycles. The number of carbonyl (C=O) groups is 1. The first-order valence-electron chi connectivity index (χ1n) is 8.45. The van der Waals surface area contributed by atoms with Gasteiger partial charge in [-0.1, -0.05) is 12.8 Å². The molecule has 2 aromatic rings. The van der Waals surface area contributed by atoms with Gasteiger partial charge in [0.15, 0.2) is 0 Å². The van der Waals surface area contributed by atoms with Crippen LogP contribution in [-0.4, -0.2) is 28.8 Å². The van der Waals surface area contributed by atoms with Crippen LogP contribution in [0, 0.1) is 5.92 Å². The van der Waals surface area contributed by atoms with Crippen LogP contribution in [0.25, 0.3) is 11.3 Å². The van der Waals surface area contributed by atoms with Gasteiger partial charge in [0.2, 0.25) is 5.91 Å². The van der Waals surface area contributed by atoms with Crippen LogP contribution in [0.5, 0.6) is 5.75 Å². The van der Waals surface area contributed by atoms with E-state index in [1.807, 2.05) is 31.3 Å². The molecule has 128 valence electrons. The van der Waals surface area contributed by atoms with Gasteiger partial charge in [0.25, 0.3) is 0 Å². The highest BCUT2D eigenvalue weighted by Gasteiger charge is 2.23. The van der Waals surface area contributed by atoms with Crippen molar-refractivity contribution >= 4 is 11.6 Å². The summed E-state index contributed by atoms with van der Waals surface area (Å²) in [7, 11) is 1.88. The number of aryl methyl sites for hydroxylation is 1. The average Bonchev–Trinajstić information content (AvgIpc) is 3.25. The predicted molar refractivity (Wildman–Crippen MR) is 93.8 cm³/mol. The van der Waals surface area contributed by atoms with Crippen LogP contribution in [0.1, 0.15) is 25.7 Å². The summed E-state index contributed by atoms with van der Waals surface area (Å²) in [6, 6.07) is 7.61. The maximum atomic E-state index is 12.4. The van der Waals surface area contributed by atoms with Crippen LogP contribution >= 0.6 is 0 Å². The third kappa shape index (κ3) is 3.59. The summed E-state index contributed by atoms with van der Waals surface area (Å²) in [6.45, 7) is 0.892. The van der Waals surface area contributed by atoms with Crippen LogP contribution < -0.4 is 15.8 Å². The van der Waals surface area contributed by atoms with Gasteiger partial charge in [0.05, 0.1) is 5.69 Å². The molecule has 0 bridgehead atoms. The fourth-order valence-corrected chi connectivity index (χ4v) is 3.17. The predicted octanol–water partition coefficient (Wildman–Crippen LogP) is 2.55. The molecule has 3 N–H and O–H groups in total. The highest BCUT2D eigenvalue weighted by Crippen LogP contribution is 2.33. The number of anilines is 1. The number of rotatable bonds is 6. The Bertz CT molecular complexity index is 705. The van der Waals surface area contributed by atoms with Crippen molar-refractivity contribution in [1.29, 1.82) is 0 Å². The second-order valence-corrected chi connectivity index (χ2v) is 6.16. The molecular formula is C18H24N4O2. The molecule has 0 saturated heterocycles. The van der Waals surface area contributed by atoms with Crippen LogP contribution in [0.2, 0.25) is 0 Å². The number of nitrogens with one attached hydrogen (secondary N) is 1. The molecule has 1 aliphatic rings. The summed E-state index contributed by atoms with van der Waals surface area (Å²) in [4.78, 5) is 12.4. The van der Waals surface area contributed by atoms with E-state index in [0.29, 0.717) is 13.2 Å². The number of hydrogen-bond acceptors (Lipinski definition) is 4. The zero-order valence-electron chi connectivity index (χ0n) is 14.0. The molecule has 24 heavy (non-hydrogen) atoms. The minimum absolute atomic E-state index is 0.110. The zero-order chi connectivity index (χ0) is 16.9. The Labute approximate surface area is 142 Å². The Morgan fingerprint density at radius 3 is 2.83 bits per heavy atom. The fourth-order valence-electron chi connectivity index (χ4n) is 3.17. The summed E-state index contributed by atoms with van der Waals surface area (Å²) in [6.07, 6.45) is 6.00. The molecule has 1 aromatic heterocycles. The van der Waals surface area contributed by atoms with Gasteiger partial charge in [-0.05, 0) is 37.1 Å². The van der Waals surface area contributed by atoms with Crippen molar-refractivity contribution in [3.8, 4) is 17.0 Å². The zero-order valence-corrected chi connectivity index (χ0v) is 14.0. The molecule has 0 unspecified atom stereocenters. The van der Waals surface area contributed by atoms with Crippen LogP contribution in [0.4, 0.5) is 5.69 Å². The summed E-state index contributed by atoms with van der Waals surface area (Å²) < 4.78 is 7.53. The molecule has 1 heterocycles. The monoisotopic (exact) mass is 328 g/mol. The first-order valence-corrected chi connectivity index (χ1v) is 8.45. The molecule has 0 aliphatic heterocycles. The Morgan fingerprint density at radius 1 is 1.38 bits per heavy atom. The first-order chi connectivity index (χ1) is 11.7. The van der Waals surface area contributed by atoms with Gasteiger partial charge in [-0.25, -0.2) is 0 Å². The molecule has 1 aromatic carbocycles. The van der Waals surface area contributed by atoms with Gasteiger partial charge in [0.1, 0.15) is 12.4 Å². The largest absolute Gasteiger partial charge is 0.492 e. The van der Waals surface area contributed by atoms with Gasteiger partial charge in [0, 0.05) is 37.0 Å². The van der Waals surface area contributed by atoms with Gasteiger partial charge in [-0.2, -0.15) is 5.10 Å². The molecule has 1 saturated carbocycles. The fraction of sp³-hybridized carbons (Fsp3) is 0.444. The summed E-state index contributed by atoms with van der Waals surface area (Å²) in [5.74, 6) is 0.986. The van der Waals surface area contributed by atoms with Crippen molar-refractivity contribution in [2.75, 3.05) is 18.5 Å². The van der Waals surface area contributed by atoms with Crippen LogP contribution in [0.3, 0.4) is 0 Å². The smallest absolute Gasteiger partial charge is 0.227 e. The van der Waals surface area contributed by atoms with E-state index in [4.69, 9.17) is 10.5 Å². The molecule has 1 fully saturated rings. The number of hydrogen-bond donors (Lipinski definition) is 2. The Balaban J connectivity index is 1.86. The van der Waals surface area contributed by atoms with E-state index >= 15 is 0 Å². The summed E-state index contributed by atoms with van der Waals surface area (Å²) >= 11 is 0. The number of nitrogens with two attached hydrogens (primary N) is 1. The SMILES string of the molecule is Cn1nccc1-c1cc(NC(=O)C2CCCC2)ccc1OCCN. The van der Waals surface area contributed by atoms with E-state index in [1.54, 1.807) is 10.9 Å². The lowest BCUT2D eigenvalue weighted by Gasteiger charge is -2.15. The number of nitrogens with zero attached hydrogens (tertiary/aromatic N) is 2. The number of carbonyl (C=O) groups excluding carboxylic acids is 1. The number of ether oxygens (including phenoxy) is 1. The van der Waals surface area contributed by atoms with E-state index in [9.17, 15) is 4.79 Å². The lowest BCUT2D eigenvalue weighted by molar-refractivity contribution is -0.119. The Kier molecular flexibility index (Phi) is 5.15. The van der Waals surface area contributed by atoms with Crippen LogP contribution in [-0.2, 0) is 11.8 Å². The quantitative estimate of drug-likeness (QED) is 0.854. The standard InChI is InChI=1S/C18H24N4O2/c1-22-16(8-10-20-22)15-12-14(6-7-17(15)24-11-9-19)21-18(23)13-4-2-3-5-13/h6-8,10,12-13H,2-5,9,11,19H2,1H3,(H,21,23). The van der Waals surface area contributed by atoms with E-state index in [0.717, 1.165) is 48.4 Å². The number of benzene rings is 1. The summed E-state index contributed by atoms with van der Waals surface area (Å²) in [5, 5.41) is 7.26. The molecular weight excluding hydrogens is 304 g/mol. The lowest BCUT2D eigenvalue weighted by atomic mass is 10.1. The molecule has 0 spiro atoms. The van der Waals surface area contributed by atoms with Gasteiger partial charge >= 0.3 is 0 Å². The summed E-state index contributed by atoms with van der Waals surface area (Å²) in [5.41, 5.74) is 8.15. The first kappa shape index (κ1) is 16.5. The van der Waals surface area contributed by atoms with Gasteiger partial charge in [-0.15, -0.1) is 0 Å². The van der Waals surface area contributed by atoms with Crippen molar-refractivity contribution in [2.45, 2.75) is 25.7 Å². The van der Waals surface area contributed by atoms with Crippen molar-refractivity contribution in [3.63, 3.8) is 0 Å². The van der Waals surface area contributed by atoms with Crippen molar-refractivity contribution in [3.05, 3.63) is 30.5 Å². The second kappa shape index (κ2) is 7.49. The van der Waals surface area contributed by atoms with Crippen LogP contribution in [0.15, 0.2) is 30.5 Å². The van der Waals surface area contributed by atoms with E-state index in [1.165, 1.54) is 0 Å². The normalized spacial score (nSPS) is 14.8. The molecule has 0 radical (unpaired) electrons. The minimum Gasteiger partial charge on any atom is -0.492 e. The molecule has 6 heteroatoms. The third-order valence-electron chi connectivity index (χ3n) is 4.45. The van der Waals surface area contributed by atoms with E-state index < -0.39 is 0 Å². The minimum atomic E-state index is 0.110. The molecule has 0 atom stereocenters. The molecule has 6 nitrogen and oxygen atoms in total. The average molecular weight is 328 g/mol. The molecule has 1 amide bonds. The Morgan fingerprint density at radius 2 is 2.17 bits per heavy atom. The van der Waals surface area contributed by atoms with E-state index in [2.05, 4.69) is 10.4 Å². The van der Waals surface area contributed by atoms with Crippen molar-refractivity contribution in [2.24, 2.45) is 18.7 Å². The maximum absolute atomic E-state index is 12.4. The second-order valence-electron chi connectivity index (χ2n) is 6.16. The van der Waals surface area contributed by atoms with E-state index in [-0.39, 0.29) is 11.8 Å².